The lowest BCUT2D eigenvalue weighted by molar-refractivity contribution is 0.195. The van der Waals surface area contributed by atoms with Gasteiger partial charge >= 0.3 is 0 Å². The average molecular weight is 232 g/mol. The van der Waals surface area contributed by atoms with E-state index in [1.54, 1.807) is 0 Å². The first-order chi connectivity index (χ1) is 8.13. The fourth-order valence-electron chi connectivity index (χ4n) is 3.06. The standard InChI is InChI=1S/C15H24N2/c1-11-6-7-14(12(2)9-11)15(10-16)17-8-4-5-13(17)3/h6-7,9,13,15H,4-5,8,10,16H2,1-3H3. The van der Waals surface area contributed by atoms with Crippen LogP contribution in [0.25, 0.3) is 0 Å². The molecule has 0 amide bonds. The number of hydrogen-bond donors (Lipinski definition) is 1. The van der Waals surface area contributed by atoms with Crippen LogP contribution >= 0.6 is 0 Å². The average Bonchev–Trinajstić information content (AvgIpc) is 2.69. The monoisotopic (exact) mass is 232 g/mol. The summed E-state index contributed by atoms with van der Waals surface area (Å²) in [5.41, 5.74) is 10.1. The Balaban J connectivity index is 2.28. The van der Waals surface area contributed by atoms with E-state index in [0.29, 0.717) is 18.6 Å². The Labute approximate surface area is 105 Å². The molecular weight excluding hydrogens is 208 g/mol. The lowest BCUT2D eigenvalue weighted by atomic mass is 9.97. The van der Waals surface area contributed by atoms with Gasteiger partial charge in [0.05, 0.1) is 0 Å². The Morgan fingerprint density at radius 1 is 1.41 bits per heavy atom. The third-order valence-electron chi connectivity index (χ3n) is 4.01. The highest BCUT2D eigenvalue weighted by Crippen LogP contribution is 2.30. The molecule has 1 heterocycles. The fourth-order valence-corrected chi connectivity index (χ4v) is 3.06. The molecule has 0 radical (unpaired) electrons. The van der Waals surface area contributed by atoms with Gasteiger partial charge < -0.3 is 5.73 Å². The van der Waals surface area contributed by atoms with Gasteiger partial charge in [-0.05, 0) is 51.3 Å². The molecule has 1 saturated heterocycles. The van der Waals surface area contributed by atoms with Gasteiger partial charge in [0.25, 0.3) is 0 Å². The van der Waals surface area contributed by atoms with E-state index in [0.717, 1.165) is 0 Å². The molecule has 94 valence electrons. The topological polar surface area (TPSA) is 29.3 Å². The zero-order chi connectivity index (χ0) is 12.4. The molecule has 2 heteroatoms. The van der Waals surface area contributed by atoms with Crippen LogP contribution in [0.15, 0.2) is 18.2 Å². The van der Waals surface area contributed by atoms with Crippen LogP contribution in [0.4, 0.5) is 0 Å². The van der Waals surface area contributed by atoms with Crippen LogP contribution in [0, 0.1) is 13.8 Å². The second kappa shape index (κ2) is 5.19. The molecule has 0 aliphatic carbocycles. The van der Waals surface area contributed by atoms with E-state index in [-0.39, 0.29) is 0 Å². The maximum Gasteiger partial charge on any atom is 0.0475 e. The van der Waals surface area contributed by atoms with Crippen LogP contribution in [0.3, 0.4) is 0 Å². The molecule has 1 fully saturated rings. The first-order valence-corrected chi connectivity index (χ1v) is 6.66. The first kappa shape index (κ1) is 12.6. The zero-order valence-corrected chi connectivity index (χ0v) is 11.2. The second-order valence-electron chi connectivity index (χ2n) is 5.34. The number of nitrogens with zero attached hydrogens (tertiary/aromatic N) is 1. The Morgan fingerprint density at radius 2 is 2.18 bits per heavy atom. The summed E-state index contributed by atoms with van der Waals surface area (Å²) in [5, 5.41) is 0. The Kier molecular flexibility index (Phi) is 3.85. The van der Waals surface area contributed by atoms with Crippen molar-refractivity contribution in [1.82, 2.24) is 4.90 Å². The first-order valence-electron chi connectivity index (χ1n) is 6.66. The van der Waals surface area contributed by atoms with Gasteiger partial charge in [0.2, 0.25) is 0 Å². The molecule has 0 spiro atoms. The summed E-state index contributed by atoms with van der Waals surface area (Å²) in [7, 11) is 0. The van der Waals surface area contributed by atoms with Gasteiger partial charge in [-0.1, -0.05) is 23.8 Å². The SMILES string of the molecule is Cc1ccc(C(CN)N2CCCC2C)c(C)c1. The summed E-state index contributed by atoms with van der Waals surface area (Å²) < 4.78 is 0. The molecule has 0 saturated carbocycles. The van der Waals surface area contributed by atoms with Crippen LogP contribution in [-0.4, -0.2) is 24.0 Å². The van der Waals surface area contributed by atoms with Gasteiger partial charge in [-0.2, -0.15) is 0 Å². The van der Waals surface area contributed by atoms with E-state index in [1.807, 2.05) is 0 Å². The van der Waals surface area contributed by atoms with Crippen LogP contribution < -0.4 is 5.73 Å². The summed E-state index contributed by atoms with van der Waals surface area (Å²) in [6.07, 6.45) is 2.62. The van der Waals surface area contributed by atoms with E-state index in [4.69, 9.17) is 5.73 Å². The minimum Gasteiger partial charge on any atom is -0.329 e. The van der Waals surface area contributed by atoms with Gasteiger partial charge in [-0.15, -0.1) is 0 Å². The van der Waals surface area contributed by atoms with Gasteiger partial charge in [-0.25, -0.2) is 0 Å². The van der Waals surface area contributed by atoms with E-state index in [1.165, 1.54) is 36.1 Å². The van der Waals surface area contributed by atoms with Crippen LogP contribution in [0.5, 0.6) is 0 Å². The van der Waals surface area contributed by atoms with Gasteiger partial charge in [0, 0.05) is 18.6 Å². The van der Waals surface area contributed by atoms with Crippen molar-refractivity contribution < 1.29 is 0 Å². The second-order valence-corrected chi connectivity index (χ2v) is 5.34. The smallest absolute Gasteiger partial charge is 0.0475 e. The van der Waals surface area contributed by atoms with E-state index in [2.05, 4.69) is 43.9 Å². The van der Waals surface area contributed by atoms with Gasteiger partial charge in [0.15, 0.2) is 0 Å². The Morgan fingerprint density at radius 3 is 2.71 bits per heavy atom. The normalized spacial score (nSPS) is 22.9. The number of nitrogens with two attached hydrogens (primary N) is 1. The molecule has 2 unspecified atom stereocenters. The lowest BCUT2D eigenvalue weighted by Gasteiger charge is -2.32. The van der Waals surface area contributed by atoms with Crippen LogP contribution in [0.1, 0.15) is 42.5 Å². The Bertz CT molecular complexity index is 387. The highest BCUT2D eigenvalue weighted by Gasteiger charge is 2.28. The quantitative estimate of drug-likeness (QED) is 0.868. The largest absolute Gasteiger partial charge is 0.329 e. The van der Waals surface area contributed by atoms with Gasteiger partial charge in [0.1, 0.15) is 0 Å². The third kappa shape index (κ3) is 2.53. The lowest BCUT2D eigenvalue weighted by Crippen LogP contribution is -2.36. The zero-order valence-electron chi connectivity index (χ0n) is 11.2. The molecule has 2 atom stereocenters. The highest BCUT2D eigenvalue weighted by atomic mass is 15.2. The molecule has 2 N–H and O–H groups in total. The van der Waals surface area contributed by atoms with E-state index >= 15 is 0 Å². The van der Waals surface area contributed by atoms with Crippen molar-refractivity contribution in [2.24, 2.45) is 5.73 Å². The molecule has 0 bridgehead atoms. The van der Waals surface area contributed by atoms with Crippen LogP contribution in [0.2, 0.25) is 0 Å². The molecule has 1 aromatic carbocycles. The molecule has 1 aliphatic heterocycles. The maximum atomic E-state index is 6.01. The number of benzene rings is 1. The van der Waals surface area contributed by atoms with Crippen molar-refractivity contribution in [3.05, 3.63) is 34.9 Å². The van der Waals surface area contributed by atoms with Crippen molar-refractivity contribution in [2.75, 3.05) is 13.1 Å². The highest BCUT2D eigenvalue weighted by molar-refractivity contribution is 5.33. The number of aryl methyl sites for hydroxylation is 2. The van der Waals surface area contributed by atoms with E-state index < -0.39 is 0 Å². The molecular formula is C15H24N2. The van der Waals surface area contributed by atoms with Crippen molar-refractivity contribution in [2.45, 2.75) is 45.7 Å². The third-order valence-corrected chi connectivity index (χ3v) is 4.01. The minimum atomic E-state index is 0.396. The van der Waals surface area contributed by atoms with Crippen molar-refractivity contribution in [3.63, 3.8) is 0 Å². The van der Waals surface area contributed by atoms with E-state index in [9.17, 15) is 0 Å². The molecule has 17 heavy (non-hydrogen) atoms. The fraction of sp³-hybridized carbons (Fsp3) is 0.600. The summed E-state index contributed by atoms with van der Waals surface area (Å²) in [5.74, 6) is 0. The van der Waals surface area contributed by atoms with Crippen LogP contribution in [-0.2, 0) is 0 Å². The minimum absolute atomic E-state index is 0.396. The predicted molar refractivity (Wildman–Crippen MR) is 73.1 cm³/mol. The van der Waals surface area contributed by atoms with Crippen molar-refractivity contribution in [1.29, 1.82) is 0 Å². The molecule has 2 rings (SSSR count). The summed E-state index contributed by atoms with van der Waals surface area (Å²) >= 11 is 0. The summed E-state index contributed by atoms with van der Waals surface area (Å²) in [6, 6.07) is 7.79. The summed E-state index contributed by atoms with van der Waals surface area (Å²) in [4.78, 5) is 2.57. The molecule has 2 nitrogen and oxygen atoms in total. The van der Waals surface area contributed by atoms with Crippen molar-refractivity contribution >= 4 is 0 Å². The molecule has 1 aromatic rings. The molecule has 1 aliphatic rings. The summed E-state index contributed by atoms with van der Waals surface area (Å²) in [6.45, 7) is 8.57. The number of hydrogen-bond acceptors (Lipinski definition) is 2. The number of rotatable bonds is 3. The predicted octanol–water partition coefficient (Wildman–Crippen LogP) is 2.79. The maximum absolute atomic E-state index is 6.01. The number of likely N-dealkylation sites (tertiary alicyclic amines) is 1. The molecule has 0 aromatic heterocycles. The van der Waals surface area contributed by atoms with Gasteiger partial charge in [-0.3, -0.25) is 4.90 Å². The van der Waals surface area contributed by atoms with Crippen molar-refractivity contribution in [3.8, 4) is 0 Å². The Hall–Kier alpha value is -0.860.